The van der Waals surface area contributed by atoms with Crippen LogP contribution in [0.2, 0.25) is 0 Å². The smallest absolute Gasteiger partial charge is 0.116 e. The summed E-state index contributed by atoms with van der Waals surface area (Å²) in [5, 5.41) is 4.87. The van der Waals surface area contributed by atoms with Crippen molar-refractivity contribution in [2.75, 3.05) is 0 Å². The predicted octanol–water partition coefficient (Wildman–Crippen LogP) is 3.33. The number of aryl methyl sites for hydroxylation is 3. The average molecular weight is 304 g/mol. The van der Waals surface area contributed by atoms with E-state index >= 15 is 0 Å². The molecule has 0 spiro atoms. The minimum absolute atomic E-state index is 0.156. The van der Waals surface area contributed by atoms with Gasteiger partial charge in [-0.3, -0.25) is 0 Å². The molecule has 0 bridgehead atoms. The van der Waals surface area contributed by atoms with Crippen LogP contribution in [0.1, 0.15) is 60.9 Å². The summed E-state index contributed by atoms with van der Waals surface area (Å²) in [5.74, 6) is 0. The Morgan fingerprint density at radius 2 is 2.14 bits per heavy atom. The van der Waals surface area contributed by atoms with Crippen LogP contribution in [-0.4, -0.2) is 20.6 Å². The molecule has 0 radical (unpaired) electrons. The number of rotatable bonds is 5. The van der Waals surface area contributed by atoms with E-state index in [9.17, 15) is 0 Å². The molecule has 2 aromatic heterocycles. The third-order valence-corrected chi connectivity index (χ3v) is 5.21. The molecule has 5 heteroatoms. The Balaban J connectivity index is 1.97. The highest BCUT2D eigenvalue weighted by molar-refractivity contribution is 7.11. The summed E-state index contributed by atoms with van der Waals surface area (Å²) in [6.45, 7) is 7.47. The van der Waals surface area contributed by atoms with Gasteiger partial charge in [-0.2, -0.15) is 0 Å². The lowest BCUT2D eigenvalue weighted by Gasteiger charge is -2.20. The van der Waals surface area contributed by atoms with E-state index in [2.05, 4.69) is 35.6 Å². The minimum Gasteiger partial charge on any atom is -0.333 e. The van der Waals surface area contributed by atoms with Crippen LogP contribution >= 0.6 is 11.3 Å². The molecule has 0 aromatic carbocycles. The monoisotopic (exact) mass is 304 g/mol. The quantitative estimate of drug-likeness (QED) is 0.921. The van der Waals surface area contributed by atoms with E-state index in [1.807, 2.05) is 23.9 Å². The largest absolute Gasteiger partial charge is 0.333 e. The number of nitrogens with one attached hydrogen (secondary N) is 1. The Morgan fingerprint density at radius 1 is 1.33 bits per heavy atom. The first-order chi connectivity index (χ1) is 10.2. The Bertz CT molecular complexity index is 576. The molecule has 0 aliphatic heterocycles. The third-order valence-electron chi connectivity index (χ3n) is 3.99. The molecule has 1 atom stereocenters. The molecular weight excluding hydrogens is 280 g/mol. The van der Waals surface area contributed by atoms with Crippen LogP contribution in [-0.2, 0) is 19.4 Å². The normalized spacial score (nSPS) is 16.2. The van der Waals surface area contributed by atoms with E-state index in [0.29, 0.717) is 6.04 Å². The standard InChI is InChI=1S/C16H24N4S/c1-4-20-10-17-9-13(20)15(18-11(2)3)16-19-12-7-5-6-8-14(12)21-16/h9-11,15,18H,4-8H2,1-3H3. The molecule has 2 heterocycles. The van der Waals surface area contributed by atoms with Crippen LogP contribution in [0.15, 0.2) is 12.5 Å². The van der Waals surface area contributed by atoms with E-state index in [4.69, 9.17) is 4.98 Å². The first-order valence-electron chi connectivity index (χ1n) is 7.93. The van der Waals surface area contributed by atoms with Gasteiger partial charge in [-0.15, -0.1) is 11.3 Å². The SMILES string of the molecule is CCn1cncc1C(NC(C)C)c1nc2c(s1)CCCC2. The van der Waals surface area contributed by atoms with Crippen molar-refractivity contribution >= 4 is 11.3 Å². The van der Waals surface area contributed by atoms with Gasteiger partial charge in [0.05, 0.1) is 23.9 Å². The summed E-state index contributed by atoms with van der Waals surface area (Å²) in [4.78, 5) is 10.8. The topological polar surface area (TPSA) is 42.7 Å². The minimum atomic E-state index is 0.156. The van der Waals surface area contributed by atoms with E-state index in [1.54, 1.807) is 0 Å². The molecule has 114 valence electrons. The van der Waals surface area contributed by atoms with Gasteiger partial charge in [0, 0.05) is 17.5 Å². The number of fused-ring (bicyclic) bond motifs is 1. The van der Waals surface area contributed by atoms with Gasteiger partial charge < -0.3 is 9.88 Å². The van der Waals surface area contributed by atoms with Crippen LogP contribution in [0.5, 0.6) is 0 Å². The third kappa shape index (κ3) is 3.04. The van der Waals surface area contributed by atoms with Crippen LogP contribution < -0.4 is 5.32 Å². The van der Waals surface area contributed by atoms with E-state index < -0.39 is 0 Å². The molecule has 21 heavy (non-hydrogen) atoms. The van der Waals surface area contributed by atoms with E-state index in [-0.39, 0.29) is 6.04 Å². The fourth-order valence-corrected chi connectivity index (χ4v) is 4.17. The molecular formula is C16H24N4S. The molecule has 2 aromatic rings. The second-order valence-corrected chi connectivity index (χ2v) is 7.10. The van der Waals surface area contributed by atoms with Gasteiger partial charge in [-0.25, -0.2) is 9.97 Å². The second kappa shape index (κ2) is 6.28. The summed E-state index contributed by atoms with van der Waals surface area (Å²) in [6.07, 6.45) is 8.83. The van der Waals surface area contributed by atoms with Crippen molar-refractivity contribution in [3.63, 3.8) is 0 Å². The summed E-state index contributed by atoms with van der Waals surface area (Å²) in [5.41, 5.74) is 2.55. The molecule has 3 rings (SSSR count). The maximum Gasteiger partial charge on any atom is 0.116 e. The van der Waals surface area contributed by atoms with Crippen LogP contribution in [0, 0.1) is 0 Å². The lowest BCUT2D eigenvalue weighted by molar-refractivity contribution is 0.499. The first-order valence-corrected chi connectivity index (χ1v) is 8.75. The van der Waals surface area contributed by atoms with Crippen molar-refractivity contribution < 1.29 is 0 Å². The van der Waals surface area contributed by atoms with Crippen LogP contribution in [0.4, 0.5) is 0 Å². The zero-order valence-corrected chi connectivity index (χ0v) is 13.9. The zero-order valence-electron chi connectivity index (χ0n) is 13.1. The molecule has 1 unspecified atom stereocenters. The second-order valence-electron chi connectivity index (χ2n) is 5.99. The maximum absolute atomic E-state index is 4.95. The number of hydrogen-bond acceptors (Lipinski definition) is 4. The maximum atomic E-state index is 4.95. The number of nitrogens with zero attached hydrogens (tertiary/aromatic N) is 3. The van der Waals surface area contributed by atoms with Crippen molar-refractivity contribution in [2.45, 2.75) is 65.1 Å². The summed E-state index contributed by atoms with van der Waals surface area (Å²) >= 11 is 1.89. The van der Waals surface area contributed by atoms with Crippen molar-refractivity contribution in [2.24, 2.45) is 0 Å². The number of hydrogen-bond donors (Lipinski definition) is 1. The van der Waals surface area contributed by atoms with Crippen molar-refractivity contribution in [3.8, 4) is 0 Å². The molecule has 0 saturated carbocycles. The Morgan fingerprint density at radius 3 is 2.86 bits per heavy atom. The average Bonchev–Trinajstić information content (AvgIpc) is 3.10. The van der Waals surface area contributed by atoms with Crippen LogP contribution in [0.25, 0.3) is 0 Å². The molecule has 0 saturated heterocycles. The molecule has 0 fully saturated rings. The van der Waals surface area contributed by atoms with Gasteiger partial charge in [0.1, 0.15) is 11.0 Å². The van der Waals surface area contributed by atoms with Gasteiger partial charge >= 0.3 is 0 Å². The lowest BCUT2D eigenvalue weighted by atomic mass is 10.0. The van der Waals surface area contributed by atoms with Gasteiger partial charge in [-0.1, -0.05) is 0 Å². The summed E-state index contributed by atoms with van der Waals surface area (Å²) < 4.78 is 2.21. The Kier molecular flexibility index (Phi) is 4.40. The highest BCUT2D eigenvalue weighted by Gasteiger charge is 2.25. The predicted molar refractivity (Wildman–Crippen MR) is 86.8 cm³/mol. The van der Waals surface area contributed by atoms with Gasteiger partial charge in [0.2, 0.25) is 0 Å². The molecule has 0 amide bonds. The van der Waals surface area contributed by atoms with Gasteiger partial charge in [-0.05, 0) is 46.5 Å². The fourth-order valence-electron chi connectivity index (χ4n) is 2.95. The van der Waals surface area contributed by atoms with Gasteiger partial charge in [0.25, 0.3) is 0 Å². The zero-order chi connectivity index (χ0) is 14.8. The van der Waals surface area contributed by atoms with Crippen LogP contribution in [0.3, 0.4) is 0 Å². The molecule has 1 aliphatic rings. The highest BCUT2D eigenvalue weighted by atomic mass is 32.1. The number of imidazole rings is 1. The van der Waals surface area contributed by atoms with Crippen molar-refractivity contribution in [1.29, 1.82) is 0 Å². The summed E-state index contributed by atoms with van der Waals surface area (Å²) in [7, 11) is 0. The molecule has 1 N–H and O–H groups in total. The highest BCUT2D eigenvalue weighted by Crippen LogP contribution is 2.32. The van der Waals surface area contributed by atoms with E-state index in [1.165, 1.54) is 40.5 Å². The van der Waals surface area contributed by atoms with E-state index in [0.717, 1.165) is 13.0 Å². The summed E-state index contributed by atoms with van der Waals surface area (Å²) in [6, 6.07) is 0.569. The van der Waals surface area contributed by atoms with Crippen molar-refractivity contribution in [3.05, 3.63) is 33.8 Å². The Hall–Kier alpha value is -1.20. The number of aromatic nitrogens is 3. The number of thiazole rings is 1. The molecule has 1 aliphatic carbocycles. The first kappa shape index (κ1) is 14.7. The van der Waals surface area contributed by atoms with Gasteiger partial charge in [0.15, 0.2) is 0 Å². The van der Waals surface area contributed by atoms with Crippen molar-refractivity contribution in [1.82, 2.24) is 19.9 Å². The lowest BCUT2D eigenvalue weighted by Crippen LogP contribution is -2.30. The Labute approximate surface area is 130 Å². The molecule has 4 nitrogen and oxygen atoms in total. The fraction of sp³-hybridized carbons (Fsp3) is 0.625.